The minimum Gasteiger partial charge on any atom is -0.493 e. The lowest BCUT2D eigenvalue weighted by Gasteiger charge is -2.16. The molecular weight excluding hydrogens is 286 g/mol. The van der Waals surface area contributed by atoms with Crippen LogP contribution in [0.3, 0.4) is 0 Å². The fourth-order valence-electron chi connectivity index (χ4n) is 3.05. The molecule has 1 aliphatic rings. The molecule has 120 valence electrons. The van der Waals surface area contributed by atoms with E-state index in [1.807, 2.05) is 45.0 Å². The molecule has 0 fully saturated rings. The number of fused-ring (bicyclic) bond motifs is 1. The highest BCUT2D eigenvalue weighted by atomic mass is 16.5. The first kappa shape index (κ1) is 15.6. The summed E-state index contributed by atoms with van der Waals surface area (Å²) in [5, 5.41) is 3.11. The van der Waals surface area contributed by atoms with Gasteiger partial charge in [-0.2, -0.15) is 0 Å². The Balaban J connectivity index is 1.66. The third-order valence-corrected chi connectivity index (χ3v) is 4.31. The highest BCUT2D eigenvalue weighted by molar-refractivity contribution is 5.96. The number of amides is 1. The summed E-state index contributed by atoms with van der Waals surface area (Å²) in [5.74, 6) is 1.00. The van der Waals surface area contributed by atoms with Crippen LogP contribution in [0, 0.1) is 13.8 Å². The van der Waals surface area contributed by atoms with Crippen LogP contribution < -0.4 is 10.1 Å². The molecule has 1 aliphatic heterocycles. The van der Waals surface area contributed by atoms with Crippen molar-refractivity contribution in [3.8, 4) is 5.75 Å². The summed E-state index contributed by atoms with van der Waals surface area (Å²) < 4.78 is 5.54. The van der Waals surface area contributed by atoms with E-state index in [2.05, 4.69) is 17.4 Å². The predicted molar refractivity (Wildman–Crippen MR) is 92.2 cm³/mol. The maximum absolute atomic E-state index is 12.5. The van der Waals surface area contributed by atoms with E-state index in [-0.39, 0.29) is 11.9 Å². The predicted octanol–water partition coefficient (Wildman–Crippen LogP) is 3.60. The van der Waals surface area contributed by atoms with E-state index in [4.69, 9.17) is 4.74 Å². The number of hydrogen-bond donors (Lipinski definition) is 1. The van der Waals surface area contributed by atoms with Crippen molar-refractivity contribution < 1.29 is 9.53 Å². The molecule has 1 atom stereocenters. The molecule has 0 radical (unpaired) electrons. The van der Waals surface area contributed by atoms with Gasteiger partial charge >= 0.3 is 0 Å². The molecule has 0 spiro atoms. The number of carbonyl (C=O) groups excluding carboxylic acids is 1. The molecule has 3 nitrogen and oxygen atoms in total. The Morgan fingerprint density at radius 3 is 2.87 bits per heavy atom. The molecule has 0 saturated heterocycles. The van der Waals surface area contributed by atoms with Gasteiger partial charge in [-0.05, 0) is 56.0 Å². The van der Waals surface area contributed by atoms with E-state index >= 15 is 0 Å². The molecular formula is C20H23NO2. The van der Waals surface area contributed by atoms with E-state index < -0.39 is 0 Å². The minimum atomic E-state index is 0.00296. The van der Waals surface area contributed by atoms with Crippen LogP contribution in [-0.4, -0.2) is 18.6 Å². The molecule has 0 bridgehead atoms. The first-order chi connectivity index (χ1) is 11.0. The van der Waals surface area contributed by atoms with Gasteiger partial charge in [-0.3, -0.25) is 4.79 Å². The molecule has 23 heavy (non-hydrogen) atoms. The van der Waals surface area contributed by atoms with E-state index in [9.17, 15) is 4.79 Å². The Hall–Kier alpha value is -2.29. The molecule has 0 aliphatic carbocycles. The standard InChI is InChI=1S/C20H23NO2/c1-13-4-5-14(2)18(10-13)20(22)21-15(3)11-16-6-7-19-17(12-16)8-9-23-19/h4-7,10,12,15H,8-9,11H2,1-3H3,(H,21,22). The third-order valence-electron chi connectivity index (χ3n) is 4.31. The van der Waals surface area contributed by atoms with Crippen molar-refractivity contribution in [2.75, 3.05) is 6.61 Å². The van der Waals surface area contributed by atoms with Crippen molar-refractivity contribution in [2.24, 2.45) is 0 Å². The van der Waals surface area contributed by atoms with Gasteiger partial charge in [0.2, 0.25) is 0 Å². The maximum atomic E-state index is 12.5. The van der Waals surface area contributed by atoms with Gasteiger partial charge in [0.25, 0.3) is 5.91 Å². The Morgan fingerprint density at radius 1 is 1.22 bits per heavy atom. The van der Waals surface area contributed by atoms with E-state index in [0.29, 0.717) is 0 Å². The topological polar surface area (TPSA) is 38.3 Å². The first-order valence-electron chi connectivity index (χ1n) is 8.15. The van der Waals surface area contributed by atoms with Crippen LogP contribution in [0.2, 0.25) is 0 Å². The molecule has 1 N–H and O–H groups in total. The highest BCUT2D eigenvalue weighted by Gasteiger charge is 2.15. The summed E-state index contributed by atoms with van der Waals surface area (Å²) in [6.07, 6.45) is 1.80. The number of benzene rings is 2. The Kier molecular flexibility index (Phi) is 4.37. The molecule has 1 unspecified atom stereocenters. The van der Waals surface area contributed by atoms with Gasteiger partial charge in [-0.25, -0.2) is 0 Å². The Morgan fingerprint density at radius 2 is 2.04 bits per heavy atom. The van der Waals surface area contributed by atoms with Gasteiger partial charge < -0.3 is 10.1 Å². The van der Waals surface area contributed by atoms with Gasteiger partial charge in [-0.15, -0.1) is 0 Å². The van der Waals surface area contributed by atoms with Crippen molar-refractivity contribution in [3.63, 3.8) is 0 Å². The summed E-state index contributed by atoms with van der Waals surface area (Å²) in [6.45, 7) is 6.80. The number of ether oxygens (including phenoxy) is 1. The Labute approximate surface area is 137 Å². The van der Waals surface area contributed by atoms with Crippen molar-refractivity contribution in [1.82, 2.24) is 5.32 Å². The summed E-state index contributed by atoms with van der Waals surface area (Å²) in [7, 11) is 0. The van der Waals surface area contributed by atoms with Crippen LogP contribution in [0.15, 0.2) is 36.4 Å². The second kappa shape index (κ2) is 6.45. The first-order valence-corrected chi connectivity index (χ1v) is 8.15. The van der Waals surface area contributed by atoms with Gasteiger partial charge in [0.05, 0.1) is 6.61 Å². The van der Waals surface area contributed by atoms with Crippen LogP contribution in [0.5, 0.6) is 5.75 Å². The van der Waals surface area contributed by atoms with Gasteiger partial charge in [0.15, 0.2) is 0 Å². The molecule has 0 saturated carbocycles. The summed E-state index contributed by atoms with van der Waals surface area (Å²) >= 11 is 0. The third kappa shape index (κ3) is 3.55. The molecule has 3 rings (SSSR count). The minimum absolute atomic E-state index is 0.00296. The quantitative estimate of drug-likeness (QED) is 0.937. The molecule has 0 aromatic heterocycles. The van der Waals surface area contributed by atoms with Crippen molar-refractivity contribution in [3.05, 3.63) is 64.2 Å². The number of rotatable bonds is 4. The van der Waals surface area contributed by atoms with Crippen LogP contribution >= 0.6 is 0 Å². The van der Waals surface area contributed by atoms with Crippen molar-refractivity contribution in [2.45, 2.75) is 39.7 Å². The zero-order valence-corrected chi connectivity index (χ0v) is 14.0. The SMILES string of the molecule is Cc1ccc(C)c(C(=O)NC(C)Cc2ccc3c(c2)CCO3)c1. The van der Waals surface area contributed by atoms with Gasteiger partial charge in [0.1, 0.15) is 5.75 Å². The smallest absolute Gasteiger partial charge is 0.251 e. The molecule has 1 heterocycles. The lowest BCUT2D eigenvalue weighted by Crippen LogP contribution is -2.34. The lowest BCUT2D eigenvalue weighted by molar-refractivity contribution is 0.0939. The summed E-state index contributed by atoms with van der Waals surface area (Å²) in [5.41, 5.74) is 5.39. The molecule has 2 aromatic rings. The van der Waals surface area contributed by atoms with E-state index in [1.165, 1.54) is 11.1 Å². The number of nitrogens with one attached hydrogen (secondary N) is 1. The largest absolute Gasteiger partial charge is 0.493 e. The zero-order valence-electron chi connectivity index (χ0n) is 14.0. The van der Waals surface area contributed by atoms with Crippen LogP contribution in [0.25, 0.3) is 0 Å². The monoisotopic (exact) mass is 309 g/mol. The fraction of sp³-hybridized carbons (Fsp3) is 0.350. The Bertz CT molecular complexity index is 736. The number of aryl methyl sites for hydroxylation is 2. The second-order valence-corrected chi connectivity index (χ2v) is 6.44. The summed E-state index contributed by atoms with van der Waals surface area (Å²) in [4.78, 5) is 12.5. The fourth-order valence-corrected chi connectivity index (χ4v) is 3.05. The van der Waals surface area contributed by atoms with Crippen LogP contribution in [-0.2, 0) is 12.8 Å². The van der Waals surface area contributed by atoms with Crippen LogP contribution in [0.4, 0.5) is 0 Å². The van der Waals surface area contributed by atoms with E-state index in [1.54, 1.807) is 0 Å². The maximum Gasteiger partial charge on any atom is 0.251 e. The molecule has 1 amide bonds. The zero-order chi connectivity index (χ0) is 16.4. The van der Waals surface area contributed by atoms with Crippen molar-refractivity contribution in [1.29, 1.82) is 0 Å². The molecule has 2 aromatic carbocycles. The number of carbonyl (C=O) groups is 1. The average molecular weight is 309 g/mol. The normalized spacial score (nSPS) is 14.0. The van der Waals surface area contributed by atoms with Gasteiger partial charge in [0, 0.05) is 18.0 Å². The van der Waals surface area contributed by atoms with Crippen molar-refractivity contribution >= 4 is 5.91 Å². The highest BCUT2D eigenvalue weighted by Crippen LogP contribution is 2.26. The number of hydrogen-bond acceptors (Lipinski definition) is 2. The summed E-state index contributed by atoms with van der Waals surface area (Å²) in [6, 6.07) is 12.4. The second-order valence-electron chi connectivity index (χ2n) is 6.44. The van der Waals surface area contributed by atoms with Crippen LogP contribution in [0.1, 0.15) is 39.5 Å². The van der Waals surface area contributed by atoms with Gasteiger partial charge in [-0.1, -0.05) is 29.8 Å². The average Bonchev–Trinajstić information content (AvgIpc) is 2.97. The van der Waals surface area contributed by atoms with E-state index in [0.717, 1.165) is 41.9 Å². The molecule has 3 heteroatoms. The lowest BCUT2D eigenvalue weighted by atomic mass is 10.0.